The van der Waals surface area contributed by atoms with Crippen LogP contribution in [-0.2, 0) is 11.2 Å². The van der Waals surface area contributed by atoms with Gasteiger partial charge < -0.3 is 10.6 Å². The molecule has 4 nitrogen and oxygen atoms in total. The summed E-state index contributed by atoms with van der Waals surface area (Å²) in [7, 11) is 0. The minimum Gasteiger partial charge on any atom is -0.347 e. The van der Waals surface area contributed by atoms with Crippen molar-refractivity contribution in [2.24, 2.45) is 0 Å². The summed E-state index contributed by atoms with van der Waals surface area (Å²) in [6.07, 6.45) is -4.65. The first kappa shape index (κ1) is 20.1. The van der Waals surface area contributed by atoms with Crippen LogP contribution in [0.2, 0.25) is 10.0 Å². The Morgan fingerprint density at radius 3 is 2.08 bits per heavy atom. The maximum absolute atomic E-state index is 12.2. The van der Waals surface area contributed by atoms with Crippen LogP contribution < -0.4 is 10.6 Å². The summed E-state index contributed by atoms with van der Waals surface area (Å²) in [4.78, 5) is 23.6. The second kappa shape index (κ2) is 8.42. The van der Waals surface area contributed by atoms with Crippen molar-refractivity contribution in [2.75, 3.05) is 11.9 Å². The zero-order chi connectivity index (χ0) is 19.3. The fraction of sp³-hybridized carbons (Fsp3) is 0.176. The molecule has 2 aromatic carbocycles. The number of anilines is 1. The average molecular weight is 405 g/mol. The van der Waals surface area contributed by atoms with E-state index in [9.17, 15) is 22.8 Å². The fourth-order valence-electron chi connectivity index (χ4n) is 2.04. The lowest BCUT2D eigenvalue weighted by molar-refractivity contribution is -0.138. The molecule has 0 aromatic heterocycles. The maximum Gasteiger partial charge on any atom is 0.405 e. The van der Waals surface area contributed by atoms with Crippen molar-refractivity contribution in [3.05, 3.63) is 63.6 Å². The summed E-state index contributed by atoms with van der Waals surface area (Å²) in [5.41, 5.74) is 1.23. The highest BCUT2D eigenvalue weighted by molar-refractivity contribution is 6.35. The predicted molar refractivity (Wildman–Crippen MR) is 93.6 cm³/mol. The van der Waals surface area contributed by atoms with E-state index in [0.717, 1.165) is 0 Å². The molecular formula is C17H13Cl2F3N2O2. The van der Waals surface area contributed by atoms with E-state index < -0.39 is 24.5 Å². The van der Waals surface area contributed by atoms with Gasteiger partial charge in [0, 0.05) is 21.3 Å². The highest BCUT2D eigenvalue weighted by atomic mass is 35.5. The number of rotatable bonds is 5. The standard InChI is InChI=1S/C17H13Cl2F3N2O2/c18-12-6-11(7-13(19)8-12)16(26)24-14-3-1-10(2-4-14)5-15(25)23-9-17(20,21)22/h1-4,6-8H,5,9H2,(H,23,25)(H,24,26). The van der Waals surface area contributed by atoms with Gasteiger partial charge in [-0.15, -0.1) is 0 Å². The van der Waals surface area contributed by atoms with Gasteiger partial charge in [0.05, 0.1) is 6.42 Å². The number of benzene rings is 2. The van der Waals surface area contributed by atoms with Crippen LogP contribution in [-0.4, -0.2) is 24.5 Å². The normalized spacial score (nSPS) is 11.1. The molecule has 0 saturated heterocycles. The number of hydrogen-bond acceptors (Lipinski definition) is 2. The molecule has 2 amide bonds. The Labute approximate surface area is 157 Å². The number of hydrogen-bond donors (Lipinski definition) is 2. The zero-order valence-corrected chi connectivity index (χ0v) is 14.7. The lowest BCUT2D eigenvalue weighted by Crippen LogP contribution is -2.34. The topological polar surface area (TPSA) is 58.2 Å². The first-order chi connectivity index (χ1) is 12.1. The van der Waals surface area contributed by atoms with Crippen LogP contribution in [0.25, 0.3) is 0 Å². The van der Waals surface area contributed by atoms with E-state index in [0.29, 0.717) is 21.3 Å². The van der Waals surface area contributed by atoms with Gasteiger partial charge in [-0.1, -0.05) is 35.3 Å². The first-order valence-corrected chi connectivity index (χ1v) is 8.08. The second-order valence-electron chi connectivity index (χ2n) is 5.38. The molecule has 0 aliphatic heterocycles. The molecule has 0 atom stereocenters. The highest BCUT2D eigenvalue weighted by Gasteiger charge is 2.27. The van der Waals surface area contributed by atoms with Crippen molar-refractivity contribution in [1.82, 2.24) is 5.32 Å². The Morgan fingerprint density at radius 2 is 1.54 bits per heavy atom. The van der Waals surface area contributed by atoms with Gasteiger partial charge in [-0.2, -0.15) is 13.2 Å². The molecule has 0 spiro atoms. The van der Waals surface area contributed by atoms with Crippen molar-refractivity contribution < 1.29 is 22.8 Å². The van der Waals surface area contributed by atoms with Gasteiger partial charge in [0.1, 0.15) is 6.54 Å². The van der Waals surface area contributed by atoms with Crippen molar-refractivity contribution in [3.8, 4) is 0 Å². The molecule has 0 aliphatic carbocycles. The molecule has 26 heavy (non-hydrogen) atoms. The Bertz CT molecular complexity index is 788. The van der Waals surface area contributed by atoms with Crippen molar-refractivity contribution in [1.29, 1.82) is 0 Å². The Morgan fingerprint density at radius 1 is 0.962 bits per heavy atom. The van der Waals surface area contributed by atoms with Gasteiger partial charge in [-0.25, -0.2) is 0 Å². The number of halogens is 5. The third-order valence-electron chi connectivity index (χ3n) is 3.19. The molecule has 0 radical (unpaired) electrons. The SMILES string of the molecule is O=C(Cc1ccc(NC(=O)c2cc(Cl)cc(Cl)c2)cc1)NCC(F)(F)F. The molecule has 0 aliphatic rings. The lowest BCUT2D eigenvalue weighted by Gasteiger charge is -2.09. The molecule has 138 valence electrons. The monoisotopic (exact) mass is 404 g/mol. The molecule has 0 bridgehead atoms. The van der Waals surface area contributed by atoms with Crippen LogP contribution in [0.5, 0.6) is 0 Å². The van der Waals surface area contributed by atoms with Crippen molar-refractivity contribution in [3.63, 3.8) is 0 Å². The molecular weight excluding hydrogens is 392 g/mol. The minimum absolute atomic E-state index is 0.200. The summed E-state index contributed by atoms with van der Waals surface area (Å²) in [6, 6.07) is 10.6. The van der Waals surface area contributed by atoms with Gasteiger partial charge in [0.15, 0.2) is 0 Å². The quantitative estimate of drug-likeness (QED) is 0.772. The van der Waals surface area contributed by atoms with Crippen molar-refractivity contribution >= 4 is 40.7 Å². The summed E-state index contributed by atoms with van der Waals surface area (Å²) >= 11 is 11.7. The Hall–Kier alpha value is -2.25. The number of carbonyl (C=O) groups excluding carboxylic acids is 2. The zero-order valence-electron chi connectivity index (χ0n) is 13.2. The van der Waals surface area contributed by atoms with E-state index >= 15 is 0 Å². The number of carbonyl (C=O) groups is 2. The third-order valence-corrected chi connectivity index (χ3v) is 3.62. The molecule has 2 aromatic rings. The number of amides is 2. The van der Waals surface area contributed by atoms with E-state index in [1.54, 1.807) is 5.32 Å². The van der Waals surface area contributed by atoms with Crippen LogP contribution in [0.15, 0.2) is 42.5 Å². The maximum atomic E-state index is 12.2. The van der Waals surface area contributed by atoms with Crippen LogP contribution in [0.3, 0.4) is 0 Å². The van der Waals surface area contributed by atoms with Gasteiger partial charge in [0.25, 0.3) is 5.91 Å². The van der Waals surface area contributed by atoms with Gasteiger partial charge in [-0.3, -0.25) is 9.59 Å². The molecule has 0 heterocycles. The summed E-state index contributed by atoms with van der Waals surface area (Å²) in [6.45, 7) is -1.37. The van der Waals surface area contributed by atoms with Crippen LogP contribution >= 0.6 is 23.2 Å². The molecule has 0 unspecified atom stereocenters. The fourth-order valence-corrected chi connectivity index (χ4v) is 2.57. The van der Waals surface area contributed by atoms with Crippen LogP contribution in [0.1, 0.15) is 15.9 Å². The van der Waals surface area contributed by atoms with Gasteiger partial charge in [-0.05, 0) is 35.9 Å². The predicted octanol–water partition coefficient (Wildman–Crippen LogP) is 4.47. The second-order valence-corrected chi connectivity index (χ2v) is 6.25. The van der Waals surface area contributed by atoms with Crippen molar-refractivity contribution in [2.45, 2.75) is 12.6 Å². The molecule has 2 N–H and O–H groups in total. The van der Waals surface area contributed by atoms with E-state index in [2.05, 4.69) is 5.32 Å². The summed E-state index contributed by atoms with van der Waals surface area (Å²) in [5.74, 6) is -1.17. The minimum atomic E-state index is -4.45. The first-order valence-electron chi connectivity index (χ1n) is 7.32. The van der Waals surface area contributed by atoms with Crippen LogP contribution in [0.4, 0.5) is 18.9 Å². The number of nitrogens with one attached hydrogen (secondary N) is 2. The smallest absolute Gasteiger partial charge is 0.347 e. The highest BCUT2D eigenvalue weighted by Crippen LogP contribution is 2.20. The average Bonchev–Trinajstić information content (AvgIpc) is 2.53. The summed E-state index contributed by atoms with van der Waals surface area (Å²) < 4.78 is 36.1. The molecule has 9 heteroatoms. The van der Waals surface area contributed by atoms with E-state index in [1.807, 2.05) is 0 Å². The molecule has 0 fully saturated rings. The molecule has 0 saturated carbocycles. The van der Waals surface area contributed by atoms with Gasteiger partial charge in [0.2, 0.25) is 5.91 Å². The summed E-state index contributed by atoms with van der Waals surface area (Å²) in [5, 5.41) is 5.07. The van der Waals surface area contributed by atoms with E-state index in [4.69, 9.17) is 23.2 Å². The van der Waals surface area contributed by atoms with Crippen LogP contribution in [0, 0.1) is 0 Å². The van der Waals surface area contributed by atoms with Gasteiger partial charge >= 0.3 is 6.18 Å². The lowest BCUT2D eigenvalue weighted by atomic mass is 10.1. The number of alkyl halides is 3. The van der Waals surface area contributed by atoms with E-state index in [1.165, 1.54) is 42.5 Å². The van der Waals surface area contributed by atoms with E-state index in [-0.39, 0.29) is 12.0 Å². The molecule has 2 rings (SSSR count). The largest absolute Gasteiger partial charge is 0.405 e. The Kier molecular flexibility index (Phi) is 6.50. The third kappa shape index (κ3) is 6.57. The Balaban J connectivity index is 1.94.